The van der Waals surface area contributed by atoms with Crippen molar-refractivity contribution >= 4 is 23.5 Å². The van der Waals surface area contributed by atoms with Crippen molar-refractivity contribution in [2.75, 3.05) is 6.61 Å². The number of amides is 1. The van der Waals surface area contributed by atoms with E-state index in [9.17, 15) is 9.59 Å². The van der Waals surface area contributed by atoms with E-state index in [4.69, 9.17) is 21.4 Å². The van der Waals surface area contributed by atoms with Crippen LogP contribution in [-0.4, -0.2) is 33.4 Å². The Morgan fingerprint density at radius 3 is 2.78 bits per heavy atom. The number of halogens is 1. The first kappa shape index (κ1) is 16.8. The molecular formula is C15H16ClN3O4. The number of aryl methyl sites for hydroxylation is 1. The number of hydrogen-bond acceptors (Lipinski definition) is 4. The third kappa shape index (κ3) is 4.23. The fourth-order valence-electron chi connectivity index (χ4n) is 1.88. The zero-order chi connectivity index (χ0) is 17.0. The predicted molar refractivity (Wildman–Crippen MR) is 83.7 cm³/mol. The first-order valence-electron chi connectivity index (χ1n) is 6.79. The molecule has 0 unspecified atom stereocenters. The Bertz CT molecular complexity index is 742. The van der Waals surface area contributed by atoms with Gasteiger partial charge in [0.05, 0.1) is 10.7 Å². The minimum atomic E-state index is -1.05. The highest BCUT2D eigenvalue weighted by atomic mass is 35.5. The summed E-state index contributed by atoms with van der Waals surface area (Å²) in [4.78, 5) is 22.6. The number of aliphatic carboxylic acids is 1. The molecule has 0 aliphatic heterocycles. The number of rotatable bonds is 6. The van der Waals surface area contributed by atoms with Gasteiger partial charge in [-0.2, -0.15) is 5.10 Å². The van der Waals surface area contributed by atoms with Crippen molar-refractivity contribution in [3.63, 3.8) is 0 Å². The molecule has 0 fully saturated rings. The van der Waals surface area contributed by atoms with E-state index in [0.717, 1.165) is 5.56 Å². The Kier molecular flexibility index (Phi) is 5.23. The summed E-state index contributed by atoms with van der Waals surface area (Å²) in [7, 11) is 1.71. The van der Waals surface area contributed by atoms with E-state index < -0.39 is 12.6 Å². The third-order valence-corrected chi connectivity index (χ3v) is 3.64. The molecule has 0 aliphatic carbocycles. The maximum Gasteiger partial charge on any atom is 0.341 e. The van der Waals surface area contributed by atoms with E-state index in [1.54, 1.807) is 38.2 Å². The summed E-state index contributed by atoms with van der Waals surface area (Å²) in [6.45, 7) is 1.60. The number of carboxylic acids is 1. The molecule has 1 aromatic carbocycles. The van der Waals surface area contributed by atoms with Crippen LogP contribution in [0.4, 0.5) is 0 Å². The Labute approximate surface area is 137 Å². The van der Waals surface area contributed by atoms with Crippen molar-refractivity contribution in [2.24, 2.45) is 7.05 Å². The molecule has 0 spiro atoms. The van der Waals surface area contributed by atoms with Gasteiger partial charge < -0.3 is 15.2 Å². The molecule has 0 saturated heterocycles. The third-order valence-electron chi connectivity index (χ3n) is 3.19. The number of carbonyl (C=O) groups excluding carboxylic acids is 1. The van der Waals surface area contributed by atoms with E-state index in [0.29, 0.717) is 16.5 Å². The second-order valence-electron chi connectivity index (χ2n) is 4.88. The average molecular weight is 338 g/mol. The van der Waals surface area contributed by atoms with E-state index >= 15 is 0 Å². The van der Waals surface area contributed by atoms with Crippen LogP contribution in [-0.2, 0) is 18.4 Å². The van der Waals surface area contributed by atoms with Crippen LogP contribution in [0.15, 0.2) is 24.3 Å². The summed E-state index contributed by atoms with van der Waals surface area (Å²) in [5, 5.41) is 15.7. The van der Waals surface area contributed by atoms with Crippen LogP contribution in [0.5, 0.6) is 5.75 Å². The smallest absolute Gasteiger partial charge is 0.341 e. The highest BCUT2D eigenvalue weighted by Crippen LogP contribution is 2.19. The van der Waals surface area contributed by atoms with Crippen molar-refractivity contribution < 1.29 is 19.4 Å². The fourth-order valence-corrected chi connectivity index (χ4v) is 2.13. The Morgan fingerprint density at radius 2 is 2.17 bits per heavy atom. The zero-order valence-corrected chi connectivity index (χ0v) is 13.4. The molecule has 0 bridgehead atoms. The molecule has 2 rings (SSSR count). The number of nitrogens with zero attached hydrogens (tertiary/aromatic N) is 2. The Hall–Kier alpha value is -2.54. The molecule has 0 saturated carbocycles. The molecule has 1 heterocycles. The number of aromatic nitrogens is 2. The quantitative estimate of drug-likeness (QED) is 0.838. The van der Waals surface area contributed by atoms with Crippen LogP contribution in [0, 0.1) is 6.92 Å². The Balaban J connectivity index is 2.00. The zero-order valence-electron chi connectivity index (χ0n) is 12.7. The lowest BCUT2D eigenvalue weighted by Gasteiger charge is -2.07. The monoisotopic (exact) mass is 337 g/mol. The molecule has 0 radical (unpaired) electrons. The van der Waals surface area contributed by atoms with Crippen LogP contribution in [0.1, 0.15) is 21.7 Å². The first-order valence-corrected chi connectivity index (χ1v) is 7.17. The molecular weight excluding hydrogens is 322 g/mol. The summed E-state index contributed by atoms with van der Waals surface area (Å²) >= 11 is 6.07. The van der Waals surface area contributed by atoms with Gasteiger partial charge in [0.25, 0.3) is 5.91 Å². The molecule has 2 N–H and O–H groups in total. The van der Waals surface area contributed by atoms with Gasteiger partial charge in [0.1, 0.15) is 5.75 Å². The summed E-state index contributed by atoms with van der Waals surface area (Å²) in [5.41, 5.74) is 1.65. The number of ether oxygens (including phenoxy) is 1. The van der Waals surface area contributed by atoms with Crippen LogP contribution in [0.2, 0.25) is 5.02 Å². The number of benzene rings is 1. The van der Waals surface area contributed by atoms with Crippen LogP contribution < -0.4 is 10.1 Å². The van der Waals surface area contributed by atoms with Crippen molar-refractivity contribution in [1.82, 2.24) is 15.1 Å². The van der Waals surface area contributed by atoms with Gasteiger partial charge in [0, 0.05) is 13.6 Å². The van der Waals surface area contributed by atoms with Crippen molar-refractivity contribution in [1.29, 1.82) is 0 Å². The van der Waals surface area contributed by atoms with Crippen molar-refractivity contribution in [3.8, 4) is 5.75 Å². The maximum absolute atomic E-state index is 12.1. The SMILES string of the molecule is Cc1c(Cl)c(C(=O)NCc2cccc(OCC(=O)O)c2)nn1C. The highest BCUT2D eigenvalue weighted by molar-refractivity contribution is 6.34. The second kappa shape index (κ2) is 7.15. The summed E-state index contributed by atoms with van der Waals surface area (Å²) in [6, 6.07) is 6.82. The highest BCUT2D eigenvalue weighted by Gasteiger charge is 2.17. The van der Waals surface area contributed by atoms with E-state index in [1.807, 2.05) is 0 Å². The van der Waals surface area contributed by atoms with E-state index in [1.165, 1.54) is 4.68 Å². The van der Waals surface area contributed by atoms with Gasteiger partial charge in [-0.1, -0.05) is 23.7 Å². The van der Waals surface area contributed by atoms with Gasteiger partial charge >= 0.3 is 5.97 Å². The van der Waals surface area contributed by atoms with E-state index in [2.05, 4.69) is 10.4 Å². The van der Waals surface area contributed by atoms with E-state index in [-0.39, 0.29) is 18.1 Å². The summed E-state index contributed by atoms with van der Waals surface area (Å²) in [5.74, 6) is -1.01. The maximum atomic E-state index is 12.1. The molecule has 0 atom stereocenters. The van der Waals surface area contributed by atoms with Crippen LogP contribution in [0.3, 0.4) is 0 Å². The first-order chi connectivity index (χ1) is 10.9. The molecule has 2 aromatic rings. The van der Waals surface area contributed by atoms with Gasteiger partial charge in [-0.15, -0.1) is 0 Å². The van der Waals surface area contributed by atoms with Gasteiger partial charge in [-0.05, 0) is 24.6 Å². The lowest BCUT2D eigenvalue weighted by Crippen LogP contribution is -2.23. The van der Waals surface area contributed by atoms with Gasteiger partial charge in [0.15, 0.2) is 12.3 Å². The van der Waals surface area contributed by atoms with Crippen molar-refractivity contribution in [3.05, 3.63) is 46.2 Å². The van der Waals surface area contributed by atoms with Crippen molar-refractivity contribution in [2.45, 2.75) is 13.5 Å². The number of nitrogens with one attached hydrogen (secondary N) is 1. The van der Waals surface area contributed by atoms with Crippen LogP contribution >= 0.6 is 11.6 Å². The van der Waals surface area contributed by atoms with Crippen LogP contribution in [0.25, 0.3) is 0 Å². The molecule has 122 valence electrons. The second-order valence-corrected chi connectivity index (χ2v) is 5.26. The molecule has 7 nitrogen and oxygen atoms in total. The summed E-state index contributed by atoms with van der Waals surface area (Å²) < 4.78 is 6.63. The number of carboxylic acid groups (broad SMARTS) is 1. The topological polar surface area (TPSA) is 93.4 Å². The normalized spacial score (nSPS) is 10.4. The lowest BCUT2D eigenvalue weighted by molar-refractivity contribution is -0.139. The molecule has 1 amide bonds. The minimum Gasteiger partial charge on any atom is -0.482 e. The minimum absolute atomic E-state index is 0.171. The van der Waals surface area contributed by atoms with Gasteiger partial charge in [-0.25, -0.2) is 4.79 Å². The fraction of sp³-hybridized carbons (Fsp3) is 0.267. The van der Waals surface area contributed by atoms with Gasteiger partial charge in [-0.3, -0.25) is 9.48 Å². The largest absolute Gasteiger partial charge is 0.482 e. The molecule has 0 aliphatic rings. The summed E-state index contributed by atoms with van der Waals surface area (Å²) in [6.07, 6.45) is 0. The molecule has 23 heavy (non-hydrogen) atoms. The average Bonchev–Trinajstić information content (AvgIpc) is 2.78. The number of carbonyl (C=O) groups is 2. The Morgan fingerprint density at radius 1 is 1.43 bits per heavy atom. The van der Waals surface area contributed by atoms with Gasteiger partial charge in [0.2, 0.25) is 0 Å². The molecule has 8 heteroatoms. The lowest BCUT2D eigenvalue weighted by atomic mass is 10.2. The standard InChI is InChI=1S/C15H16ClN3O4/c1-9-13(16)14(18-19(9)2)15(22)17-7-10-4-3-5-11(6-10)23-8-12(20)21/h3-6H,7-8H2,1-2H3,(H,17,22)(H,20,21). The predicted octanol–water partition coefficient (Wildman–Crippen LogP) is 1.78. The number of hydrogen-bond donors (Lipinski definition) is 2. The molecule has 1 aromatic heterocycles.